The number of hydrogen-bond acceptors (Lipinski definition) is 5. The number of benzene rings is 3. The van der Waals surface area contributed by atoms with Crippen LogP contribution in [0, 0.1) is 0 Å². The van der Waals surface area contributed by atoms with E-state index in [0.717, 1.165) is 46.1 Å². The zero-order chi connectivity index (χ0) is 19.8. The molecule has 0 spiro atoms. The second-order valence-electron chi connectivity index (χ2n) is 7.13. The van der Waals surface area contributed by atoms with Crippen molar-refractivity contribution in [3.63, 3.8) is 0 Å². The first kappa shape index (κ1) is 17.6. The highest BCUT2D eigenvalue weighted by molar-refractivity contribution is 6.04. The van der Waals surface area contributed by atoms with E-state index in [0.29, 0.717) is 0 Å². The molecule has 5 nitrogen and oxygen atoms in total. The molecule has 0 amide bonds. The molecule has 0 aromatic heterocycles. The Morgan fingerprint density at radius 2 is 1.72 bits per heavy atom. The summed E-state index contributed by atoms with van der Waals surface area (Å²) in [5, 5.41) is 7.09. The molecule has 0 saturated heterocycles. The molecule has 5 rings (SSSR count). The van der Waals surface area contributed by atoms with Gasteiger partial charge < -0.3 is 14.2 Å². The average molecular weight is 386 g/mol. The van der Waals surface area contributed by atoms with Crippen LogP contribution in [0.2, 0.25) is 0 Å². The van der Waals surface area contributed by atoms with Crippen molar-refractivity contribution in [3.8, 4) is 17.2 Å². The van der Waals surface area contributed by atoms with Crippen molar-refractivity contribution < 1.29 is 14.2 Å². The summed E-state index contributed by atoms with van der Waals surface area (Å²) < 4.78 is 17.3. The number of nitrogens with zero attached hydrogens (tertiary/aromatic N) is 2. The third kappa shape index (κ3) is 2.99. The number of methoxy groups -OCH3 is 2. The summed E-state index contributed by atoms with van der Waals surface area (Å²) in [7, 11) is 3.33. The molecule has 29 heavy (non-hydrogen) atoms. The lowest BCUT2D eigenvalue weighted by atomic mass is 9.95. The maximum absolute atomic E-state index is 6.38. The first-order chi connectivity index (χ1) is 14.3. The second-order valence-corrected chi connectivity index (χ2v) is 7.13. The molecule has 0 fully saturated rings. The molecule has 146 valence electrons. The van der Waals surface area contributed by atoms with Gasteiger partial charge in [-0.1, -0.05) is 48.5 Å². The van der Waals surface area contributed by atoms with Gasteiger partial charge in [-0.2, -0.15) is 5.10 Å². The largest absolute Gasteiger partial charge is 0.497 e. The van der Waals surface area contributed by atoms with E-state index >= 15 is 0 Å². The van der Waals surface area contributed by atoms with Crippen molar-refractivity contribution in [1.29, 1.82) is 0 Å². The first-order valence-corrected chi connectivity index (χ1v) is 9.67. The molecule has 0 bridgehead atoms. The molecule has 2 aliphatic rings. The summed E-state index contributed by atoms with van der Waals surface area (Å²) in [6.45, 7) is 0. The Morgan fingerprint density at radius 1 is 0.931 bits per heavy atom. The Bertz CT molecular complexity index is 1060. The Balaban J connectivity index is 1.59. The minimum absolute atomic E-state index is 0.118. The molecule has 2 heterocycles. The predicted octanol–water partition coefficient (Wildman–Crippen LogP) is 4.95. The fourth-order valence-electron chi connectivity index (χ4n) is 4.07. The van der Waals surface area contributed by atoms with Crippen molar-refractivity contribution in [2.45, 2.75) is 18.7 Å². The van der Waals surface area contributed by atoms with Gasteiger partial charge in [0.15, 0.2) is 0 Å². The van der Waals surface area contributed by atoms with Crippen molar-refractivity contribution >= 4 is 5.71 Å². The van der Waals surface area contributed by atoms with E-state index in [-0.39, 0.29) is 12.3 Å². The third-order valence-corrected chi connectivity index (χ3v) is 5.50. The molecule has 0 N–H and O–H groups in total. The number of fused-ring (bicyclic) bond motifs is 3. The van der Waals surface area contributed by atoms with E-state index in [1.54, 1.807) is 14.2 Å². The quantitative estimate of drug-likeness (QED) is 0.637. The van der Waals surface area contributed by atoms with Gasteiger partial charge in [-0.05, 0) is 18.2 Å². The van der Waals surface area contributed by atoms with E-state index in [9.17, 15) is 0 Å². The van der Waals surface area contributed by atoms with E-state index in [2.05, 4.69) is 29.3 Å². The molecule has 2 atom stereocenters. The van der Waals surface area contributed by atoms with Crippen molar-refractivity contribution in [2.75, 3.05) is 14.2 Å². The number of para-hydroxylation sites is 1. The topological polar surface area (TPSA) is 43.3 Å². The van der Waals surface area contributed by atoms with Gasteiger partial charge in [0.2, 0.25) is 6.23 Å². The average Bonchev–Trinajstić information content (AvgIpc) is 3.24. The second kappa shape index (κ2) is 7.17. The molecule has 2 aliphatic heterocycles. The van der Waals surface area contributed by atoms with E-state index in [1.807, 2.05) is 48.5 Å². The maximum Gasteiger partial charge on any atom is 0.213 e. The molecule has 3 aromatic rings. The predicted molar refractivity (Wildman–Crippen MR) is 112 cm³/mol. The van der Waals surface area contributed by atoms with Crippen LogP contribution in [0.15, 0.2) is 77.9 Å². The zero-order valence-electron chi connectivity index (χ0n) is 16.4. The third-order valence-electron chi connectivity index (χ3n) is 5.50. The number of hydrazone groups is 1. The summed E-state index contributed by atoms with van der Waals surface area (Å²) in [5.74, 6) is 2.44. The van der Waals surface area contributed by atoms with Crippen LogP contribution < -0.4 is 14.2 Å². The van der Waals surface area contributed by atoms with Gasteiger partial charge in [-0.3, -0.25) is 0 Å². The standard InChI is InChI=1S/C24H22N2O3/c1-27-17-12-13-18(23(14-17)28-2)20-15-21-19-10-6-7-11-22(19)29-24(26(21)25-20)16-8-4-3-5-9-16/h3-14,21,24H,15H2,1-2H3/t21-,24+/m1/s1. The minimum Gasteiger partial charge on any atom is -0.497 e. The Morgan fingerprint density at radius 3 is 2.52 bits per heavy atom. The fraction of sp³-hybridized carbons (Fsp3) is 0.208. The smallest absolute Gasteiger partial charge is 0.213 e. The molecule has 0 aliphatic carbocycles. The van der Waals surface area contributed by atoms with Crippen LogP contribution in [-0.2, 0) is 0 Å². The summed E-state index contributed by atoms with van der Waals surface area (Å²) in [6.07, 6.45) is 0.518. The van der Waals surface area contributed by atoms with Crippen molar-refractivity contribution in [3.05, 3.63) is 89.5 Å². The summed E-state index contributed by atoms with van der Waals surface area (Å²) >= 11 is 0. The summed E-state index contributed by atoms with van der Waals surface area (Å²) in [5.41, 5.74) is 4.20. The zero-order valence-corrected chi connectivity index (χ0v) is 16.4. The van der Waals surface area contributed by atoms with Crippen LogP contribution in [0.25, 0.3) is 0 Å². The molecular formula is C24H22N2O3. The van der Waals surface area contributed by atoms with Crippen molar-refractivity contribution in [2.24, 2.45) is 5.10 Å². The highest BCUT2D eigenvalue weighted by Crippen LogP contribution is 2.48. The van der Waals surface area contributed by atoms with Gasteiger partial charge in [0.05, 0.1) is 26.0 Å². The highest BCUT2D eigenvalue weighted by atomic mass is 16.5. The van der Waals surface area contributed by atoms with Crippen molar-refractivity contribution in [1.82, 2.24) is 5.01 Å². The lowest BCUT2D eigenvalue weighted by Crippen LogP contribution is -2.33. The maximum atomic E-state index is 6.38. The van der Waals surface area contributed by atoms with Gasteiger partial charge >= 0.3 is 0 Å². The number of ether oxygens (including phenoxy) is 3. The molecule has 0 radical (unpaired) electrons. The van der Waals surface area contributed by atoms with Crippen LogP contribution in [0.3, 0.4) is 0 Å². The highest BCUT2D eigenvalue weighted by Gasteiger charge is 2.41. The molecule has 0 unspecified atom stereocenters. The normalized spacial score (nSPS) is 19.7. The Hall–Kier alpha value is -3.47. The molecule has 0 saturated carbocycles. The van der Waals surface area contributed by atoms with Crippen LogP contribution in [0.5, 0.6) is 17.2 Å². The molecular weight excluding hydrogens is 364 g/mol. The Kier molecular flexibility index (Phi) is 4.35. The first-order valence-electron chi connectivity index (χ1n) is 9.67. The van der Waals surface area contributed by atoms with Gasteiger partial charge in [-0.25, -0.2) is 5.01 Å². The lowest BCUT2D eigenvalue weighted by Gasteiger charge is -2.38. The van der Waals surface area contributed by atoms with Gasteiger partial charge in [0.25, 0.3) is 0 Å². The van der Waals surface area contributed by atoms with Gasteiger partial charge in [-0.15, -0.1) is 0 Å². The van der Waals surface area contributed by atoms with Crippen LogP contribution in [0.4, 0.5) is 0 Å². The van der Waals surface area contributed by atoms with Crippen LogP contribution in [0.1, 0.15) is 35.4 Å². The van der Waals surface area contributed by atoms with Gasteiger partial charge in [0, 0.05) is 29.2 Å². The van der Waals surface area contributed by atoms with E-state index < -0.39 is 0 Å². The molecule has 3 aromatic carbocycles. The lowest BCUT2D eigenvalue weighted by molar-refractivity contribution is -0.0190. The number of hydrogen-bond donors (Lipinski definition) is 0. The fourth-order valence-corrected chi connectivity index (χ4v) is 4.07. The number of rotatable bonds is 4. The summed E-state index contributed by atoms with van der Waals surface area (Å²) in [6, 6.07) is 24.4. The summed E-state index contributed by atoms with van der Waals surface area (Å²) in [4.78, 5) is 0. The van der Waals surface area contributed by atoms with E-state index in [4.69, 9.17) is 19.3 Å². The van der Waals surface area contributed by atoms with Crippen LogP contribution >= 0.6 is 0 Å². The van der Waals surface area contributed by atoms with E-state index in [1.165, 1.54) is 0 Å². The minimum atomic E-state index is -0.266. The molecule has 5 heteroatoms. The Labute approximate surface area is 170 Å². The monoisotopic (exact) mass is 386 g/mol. The SMILES string of the molecule is COc1ccc(C2=NN3[C@H](C2)c2ccccc2O[C@H]3c2ccccc2)c(OC)c1. The van der Waals surface area contributed by atoms with Gasteiger partial charge in [0.1, 0.15) is 17.2 Å². The van der Waals surface area contributed by atoms with Crippen LogP contribution in [-0.4, -0.2) is 24.9 Å².